The van der Waals surface area contributed by atoms with E-state index < -0.39 is 0 Å². The highest BCUT2D eigenvalue weighted by Crippen LogP contribution is 2.32. The molecule has 8 nitrogen and oxygen atoms in total. The van der Waals surface area contributed by atoms with Gasteiger partial charge < -0.3 is 25.0 Å². The van der Waals surface area contributed by atoms with Crippen molar-refractivity contribution >= 4 is 17.7 Å². The van der Waals surface area contributed by atoms with Crippen LogP contribution in [-0.4, -0.2) is 49.0 Å². The topological polar surface area (TPSA) is 97.0 Å². The molecule has 0 bridgehead atoms. The second-order valence-corrected chi connectivity index (χ2v) is 7.28. The second-order valence-electron chi connectivity index (χ2n) is 7.28. The number of fused-ring (bicyclic) bond motifs is 1. The van der Waals surface area contributed by atoms with Crippen molar-refractivity contribution in [2.45, 2.75) is 25.4 Å². The zero-order chi connectivity index (χ0) is 21.1. The average molecular weight is 409 g/mol. The minimum atomic E-state index is -0.340. The normalized spacial score (nSPS) is 14.2. The maximum atomic E-state index is 12.8. The van der Waals surface area contributed by atoms with Crippen LogP contribution in [0.15, 0.2) is 42.5 Å². The van der Waals surface area contributed by atoms with E-state index in [2.05, 4.69) is 10.6 Å². The number of benzene rings is 2. The number of ether oxygens (including phenoxy) is 2. The van der Waals surface area contributed by atoms with Crippen molar-refractivity contribution in [3.63, 3.8) is 0 Å². The number of hydrogen-bond donors (Lipinski definition) is 2. The van der Waals surface area contributed by atoms with E-state index in [-0.39, 0.29) is 37.1 Å². The molecule has 30 heavy (non-hydrogen) atoms. The van der Waals surface area contributed by atoms with Crippen molar-refractivity contribution in [3.05, 3.63) is 59.2 Å². The Morgan fingerprint density at radius 1 is 0.967 bits per heavy atom. The molecule has 1 saturated carbocycles. The maximum absolute atomic E-state index is 12.8. The van der Waals surface area contributed by atoms with Crippen molar-refractivity contribution in [2.75, 3.05) is 20.4 Å². The quantitative estimate of drug-likeness (QED) is 0.726. The van der Waals surface area contributed by atoms with Crippen molar-refractivity contribution in [2.24, 2.45) is 0 Å². The van der Waals surface area contributed by atoms with Crippen LogP contribution in [0.2, 0.25) is 0 Å². The van der Waals surface area contributed by atoms with Gasteiger partial charge in [0.1, 0.15) is 0 Å². The lowest BCUT2D eigenvalue weighted by Crippen LogP contribution is -2.41. The Morgan fingerprint density at radius 3 is 2.37 bits per heavy atom. The molecule has 1 fully saturated rings. The zero-order valence-corrected chi connectivity index (χ0v) is 16.6. The Morgan fingerprint density at radius 2 is 1.67 bits per heavy atom. The lowest BCUT2D eigenvalue weighted by atomic mass is 10.1. The molecule has 4 rings (SSSR count). The van der Waals surface area contributed by atoms with Gasteiger partial charge in [-0.2, -0.15) is 0 Å². The minimum Gasteiger partial charge on any atom is -0.454 e. The van der Waals surface area contributed by atoms with E-state index in [1.54, 1.807) is 42.3 Å². The molecule has 2 N–H and O–H groups in total. The summed E-state index contributed by atoms with van der Waals surface area (Å²) < 4.78 is 10.5. The number of hydrogen-bond acceptors (Lipinski definition) is 5. The van der Waals surface area contributed by atoms with Crippen molar-refractivity contribution in [3.8, 4) is 11.5 Å². The maximum Gasteiger partial charge on any atom is 0.251 e. The molecule has 2 aromatic rings. The zero-order valence-electron chi connectivity index (χ0n) is 16.6. The summed E-state index contributed by atoms with van der Waals surface area (Å²) in [6.07, 6.45) is 1.91. The molecular weight excluding hydrogens is 386 g/mol. The van der Waals surface area contributed by atoms with Gasteiger partial charge in [0.05, 0.1) is 6.54 Å². The highest BCUT2D eigenvalue weighted by molar-refractivity contribution is 5.97. The van der Waals surface area contributed by atoms with Crippen LogP contribution in [0, 0.1) is 0 Å². The fourth-order valence-electron chi connectivity index (χ4n) is 3.31. The van der Waals surface area contributed by atoms with Crippen molar-refractivity contribution in [1.29, 1.82) is 0 Å². The van der Waals surface area contributed by atoms with Gasteiger partial charge in [0.15, 0.2) is 11.5 Å². The first-order valence-corrected chi connectivity index (χ1v) is 9.83. The smallest absolute Gasteiger partial charge is 0.251 e. The number of amides is 3. The summed E-state index contributed by atoms with van der Waals surface area (Å²) in [5.74, 6) is 0.496. The Balaban J connectivity index is 1.36. The SMILES string of the molecule is CNC(=O)c1ccc(CN(C(=O)CNC(=O)c2ccc3c(c2)OCO3)C2CC2)cc1. The van der Waals surface area contributed by atoms with Crippen LogP contribution in [0.25, 0.3) is 0 Å². The van der Waals surface area contributed by atoms with Gasteiger partial charge >= 0.3 is 0 Å². The van der Waals surface area contributed by atoms with Crippen LogP contribution in [0.3, 0.4) is 0 Å². The van der Waals surface area contributed by atoms with E-state index in [4.69, 9.17) is 9.47 Å². The lowest BCUT2D eigenvalue weighted by molar-refractivity contribution is -0.131. The summed E-state index contributed by atoms with van der Waals surface area (Å²) >= 11 is 0. The van der Waals surface area contributed by atoms with E-state index in [0.717, 1.165) is 18.4 Å². The predicted octanol–water partition coefficient (Wildman–Crippen LogP) is 1.70. The molecule has 1 aliphatic carbocycles. The van der Waals surface area contributed by atoms with E-state index in [1.807, 2.05) is 12.1 Å². The molecule has 0 radical (unpaired) electrons. The Kier molecular flexibility index (Phi) is 5.56. The Bertz CT molecular complexity index is 969. The van der Waals surface area contributed by atoms with Crippen molar-refractivity contribution < 1.29 is 23.9 Å². The standard InChI is InChI=1S/C22H23N3O5/c1-23-21(27)15-4-2-14(3-5-15)12-25(17-7-8-17)20(26)11-24-22(28)16-6-9-18-19(10-16)30-13-29-18/h2-6,9-10,17H,7-8,11-13H2,1H3,(H,23,27)(H,24,28). The monoisotopic (exact) mass is 409 g/mol. The summed E-state index contributed by atoms with van der Waals surface area (Å²) in [6.45, 7) is 0.497. The van der Waals surface area contributed by atoms with Gasteiger partial charge in [0.25, 0.3) is 11.8 Å². The first-order valence-electron chi connectivity index (χ1n) is 9.83. The van der Waals surface area contributed by atoms with E-state index in [0.29, 0.717) is 29.2 Å². The highest BCUT2D eigenvalue weighted by atomic mass is 16.7. The summed E-state index contributed by atoms with van der Waals surface area (Å²) in [7, 11) is 1.58. The molecule has 3 amide bonds. The van der Waals surface area contributed by atoms with E-state index in [1.165, 1.54) is 0 Å². The number of carbonyl (C=O) groups is 3. The summed E-state index contributed by atoms with van der Waals surface area (Å²) in [5.41, 5.74) is 1.92. The fraction of sp³-hybridized carbons (Fsp3) is 0.318. The van der Waals surface area contributed by atoms with Gasteiger partial charge in [-0.1, -0.05) is 12.1 Å². The third-order valence-corrected chi connectivity index (χ3v) is 5.14. The molecule has 2 aromatic carbocycles. The molecule has 0 saturated heterocycles. The minimum absolute atomic E-state index is 0.0832. The fourth-order valence-corrected chi connectivity index (χ4v) is 3.31. The number of nitrogens with one attached hydrogen (secondary N) is 2. The lowest BCUT2D eigenvalue weighted by Gasteiger charge is -2.23. The number of rotatable bonds is 7. The van der Waals surface area contributed by atoms with Gasteiger partial charge in [-0.3, -0.25) is 14.4 Å². The molecular formula is C22H23N3O5. The van der Waals surface area contributed by atoms with E-state index in [9.17, 15) is 14.4 Å². The first kappa shape index (κ1) is 19.8. The Labute approximate surface area is 174 Å². The van der Waals surface area contributed by atoms with Crippen LogP contribution in [0.5, 0.6) is 11.5 Å². The van der Waals surface area contributed by atoms with Gasteiger partial charge in [-0.25, -0.2) is 0 Å². The number of carbonyl (C=O) groups excluding carboxylic acids is 3. The van der Waals surface area contributed by atoms with Gasteiger partial charge in [-0.15, -0.1) is 0 Å². The summed E-state index contributed by atoms with van der Waals surface area (Å²) in [6, 6.07) is 12.3. The first-order chi connectivity index (χ1) is 14.5. The third kappa shape index (κ3) is 4.37. The van der Waals surface area contributed by atoms with Gasteiger partial charge in [0.2, 0.25) is 12.7 Å². The Hall–Kier alpha value is -3.55. The third-order valence-electron chi connectivity index (χ3n) is 5.14. The van der Waals surface area contributed by atoms with E-state index >= 15 is 0 Å². The number of nitrogens with zero attached hydrogens (tertiary/aromatic N) is 1. The van der Waals surface area contributed by atoms with Gasteiger partial charge in [-0.05, 0) is 48.7 Å². The molecule has 156 valence electrons. The summed E-state index contributed by atoms with van der Waals surface area (Å²) in [4.78, 5) is 38.7. The van der Waals surface area contributed by atoms with Crippen LogP contribution >= 0.6 is 0 Å². The second kappa shape index (κ2) is 8.44. The molecule has 0 unspecified atom stereocenters. The molecule has 1 aliphatic heterocycles. The van der Waals surface area contributed by atoms with Crippen LogP contribution in [0.1, 0.15) is 39.1 Å². The van der Waals surface area contributed by atoms with Crippen LogP contribution < -0.4 is 20.1 Å². The summed E-state index contributed by atoms with van der Waals surface area (Å²) in [5, 5.41) is 5.27. The molecule has 0 spiro atoms. The predicted molar refractivity (Wildman–Crippen MR) is 108 cm³/mol. The van der Waals surface area contributed by atoms with Crippen LogP contribution in [-0.2, 0) is 11.3 Å². The molecule has 1 heterocycles. The highest BCUT2D eigenvalue weighted by Gasteiger charge is 2.32. The molecule has 0 aromatic heterocycles. The average Bonchev–Trinajstić information content (AvgIpc) is 3.51. The molecule has 2 aliphatic rings. The molecule has 0 atom stereocenters. The largest absolute Gasteiger partial charge is 0.454 e. The van der Waals surface area contributed by atoms with Crippen molar-refractivity contribution in [1.82, 2.24) is 15.5 Å². The van der Waals surface area contributed by atoms with Gasteiger partial charge in [0, 0.05) is 30.8 Å². The van der Waals surface area contributed by atoms with Crippen LogP contribution in [0.4, 0.5) is 0 Å². The molecule has 8 heteroatoms.